The molecule has 0 saturated carbocycles. The van der Waals surface area contributed by atoms with E-state index in [0.29, 0.717) is 12.4 Å². The van der Waals surface area contributed by atoms with Crippen molar-refractivity contribution in [1.82, 2.24) is 5.43 Å². The number of hydrogen-bond acceptors (Lipinski definition) is 2. The number of nitrogens with one attached hydrogen (secondary N) is 1. The molecule has 0 spiro atoms. The second-order valence-electron chi connectivity index (χ2n) is 3.36. The van der Waals surface area contributed by atoms with Gasteiger partial charge in [0.25, 0.3) is 0 Å². The van der Waals surface area contributed by atoms with E-state index in [-0.39, 0.29) is 12.0 Å². The molecule has 88 valence electrons. The molecule has 0 amide bonds. The Morgan fingerprint density at radius 3 is 2.81 bits per heavy atom. The summed E-state index contributed by atoms with van der Waals surface area (Å²) in [6.45, 7) is 2.58. The predicted molar refractivity (Wildman–Crippen MR) is 60.0 cm³/mol. The molecule has 0 saturated heterocycles. The van der Waals surface area contributed by atoms with Crippen LogP contribution < -0.4 is 11.3 Å². The number of amidine groups is 1. The number of hydrogen-bond donors (Lipinski definition) is 2. The SMILES string of the molecule is CCCN=C(Cc1cccc(F)c1F)NN. The molecule has 3 N–H and O–H groups in total. The number of nitrogens with zero attached hydrogens (tertiary/aromatic N) is 1. The van der Waals surface area contributed by atoms with E-state index in [0.717, 1.165) is 12.5 Å². The average Bonchev–Trinajstić information content (AvgIpc) is 2.30. The first-order chi connectivity index (χ1) is 7.69. The lowest BCUT2D eigenvalue weighted by Crippen LogP contribution is -2.32. The normalized spacial score (nSPS) is 11.6. The highest BCUT2D eigenvalue weighted by Gasteiger charge is 2.09. The van der Waals surface area contributed by atoms with E-state index in [9.17, 15) is 8.78 Å². The van der Waals surface area contributed by atoms with Gasteiger partial charge >= 0.3 is 0 Å². The molecule has 5 heteroatoms. The zero-order valence-electron chi connectivity index (χ0n) is 9.13. The van der Waals surface area contributed by atoms with Gasteiger partial charge in [0.1, 0.15) is 5.84 Å². The maximum absolute atomic E-state index is 13.3. The van der Waals surface area contributed by atoms with Crippen LogP contribution >= 0.6 is 0 Å². The van der Waals surface area contributed by atoms with Crippen molar-refractivity contribution in [2.75, 3.05) is 6.54 Å². The molecule has 1 aromatic carbocycles. The molecule has 0 aliphatic heterocycles. The molecule has 0 unspecified atom stereocenters. The molecular formula is C11H15F2N3. The standard InChI is InChI=1S/C11H15F2N3/c1-2-6-15-10(16-14)7-8-4-3-5-9(12)11(8)13/h3-5H,2,6-7,14H2,1H3,(H,15,16). The monoisotopic (exact) mass is 227 g/mol. The van der Waals surface area contributed by atoms with Crippen LogP contribution in [0.4, 0.5) is 8.78 Å². The first-order valence-electron chi connectivity index (χ1n) is 5.11. The van der Waals surface area contributed by atoms with Crippen LogP contribution in [-0.4, -0.2) is 12.4 Å². The van der Waals surface area contributed by atoms with E-state index in [4.69, 9.17) is 5.84 Å². The molecule has 1 aromatic rings. The molecule has 0 bridgehead atoms. The van der Waals surface area contributed by atoms with E-state index in [1.807, 2.05) is 6.92 Å². The largest absolute Gasteiger partial charge is 0.312 e. The summed E-state index contributed by atoms with van der Waals surface area (Å²) in [5, 5.41) is 0. The van der Waals surface area contributed by atoms with Gasteiger partial charge in [0.15, 0.2) is 11.6 Å². The van der Waals surface area contributed by atoms with Gasteiger partial charge in [-0.25, -0.2) is 14.6 Å². The van der Waals surface area contributed by atoms with Crippen molar-refractivity contribution in [2.45, 2.75) is 19.8 Å². The molecule has 0 aliphatic rings. The number of rotatable bonds is 4. The van der Waals surface area contributed by atoms with E-state index < -0.39 is 11.6 Å². The summed E-state index contributed by atoms with van der Waals surface area (Å²) >= 11 is 0. The Bertz CT molecular complexity index is 377. The molecule has 0 heterocycles. The van der Waals surface area contributed by atoms with Crippen LogP contribution in [0.3, 0.4) is 0 Å². The molecule has 16 heavy (non-hydrogen) atoms. The molecular weight excluding hydrogens is 212 g/mol. The van der Waals surface area contributed by atoms with Gasteiger partial charge in [-0.1, -0.05) is 19.1 Å². The summed E-state index contributed by atoms with van der Waals surface area (Å²) in [7, 11) is 0. The molecule has 0 atom stereocenters. The van der Waals surface area contributed by atoms with E-state index in [1.54, 1.807) is 0 Å². The molecule has 0 fully saturated rings. The minimum atomic E-state index is -0.857. The third-order valence-electron chi connectivity index (χ3n) is 2.08. The van der Waals surface area contributed by atoms with Crippen molar-refractivity contribution in [1.29, 1.82) is 0 Å². The van der Waals surface area contributed by atoms with Crippen molar-refractivity contribution in [3.63, 3.8) is 0 Å². The van der Waals surface area contributed by atoms with Gasteiger partial charge in [-0.05, 0) is 18.1 Å². The van der Waals surface area contributed by atoms with Crippen LogP contribution in [-0.2, 0) is 6.42 Å². The number of benzene rings is 1. The van der Waals surface area contributed by atoms with Gasteiger partial charge in [-0.3, -0.25) is 4.99 Å². The van der Waals surface area contributed by atoms with Crippen LogP contribution in [0.2, 0.25) is 0 Å². The Balaban J connectivity index is 2.82. The second kappa shape index (κ2) is 6.17. The second-order valence-corrected chi connectivity index (χ2v) is 3.36. The van der Waals surface area contributed by atoms with Crippen LogP contribution in [0.1, 0.15) is 18.9 Å². The van der Waals surface area contributed by atoms with E-state index in [2.05, 4.69) is 10.4 Å². The van der Waals surface area contributed by atoms with Crippen molar-refractivity contribution in [3.05, 3.63) is 35.4 Å². The molecule has 0 aromatic heterocycles. The Hall–Kier alpha value is -1.49. The topological polar surface area (TPSA) is 50.4 Å². The summed E-state index contributed by atoms with van der Waals surface area (Å²) < 4.78 is 26.2. The fourth-order valence-corrected chi connectivity index (χ4v) is 1.26. The number of halogens is 2. The zero-order valence-corrected chi connectivity index (χ0v) is 9.13. The summed E-state index contributed by atoms with van der Waals surface area (Å²) in [5.74, 6) is 4.00. The van der Waals surface area contributed by atoms with Gasteiger partial charge in [-0.2, -0.15) is 0 Å². The number of hydrazine groups is 1. The Morgan fingerprint density at radius 2 is 2.19 bits per heavy atom. The molecule has 0 aliphatic carbocycles. The van der Waals surface area contributed by atoms with Crippen LogP contribution in [0, 0.1) is 11.6 Å². The average molecular weight is 227 g/mol. The van der Waals surface area contributed by atoms with Crippen molar-refractivity contribution in [3.8, 4) is 0 Å². The van der Waals surface area contributed by atoms with E-state index in [1.165, 1.54) is 12.1 Å². The van der Waals surface area contributed by atoms with Gasteiger partial charge < -0.3 is 5.43 Å². The maximum Gasteiger partial charge on any atom is 0.162 e. The van der Waals surface area contributed by atoms with Gasteiger partial charge in [0.05, 0.1) is 0 Å². The Kier molecular flexibility index (Phi) is 4.85. The maximum atomic E-state index is 13.3. The van der Waals surface area contributed by atoms with Crippen LogP contribution in [0.5, 0.6) is 0 Å². The van der Waals surface area contributed by atoms with E-state index >= 15 is 0 Å². The number of aliphatic imine (C=N–C) groups is 1. The predicted octanol–water partition coefficient (Wildman–Crippen LogP) is 1.78. The third-order valence-corrected chi connectivity index (χ3v) is 2.08. The lowest BCUT2D eigenvalue weighted by molar-refractivity contribution is 0.501. The first kappa shape index (κ1) is 12.6. The first-order valence-corrected chi connectivity index (χ1v) is 5.11. The lowest BCUT2D eigenvalue weighted by atomic mass is 10.1. The van der Waals surface area contributed by atoms with Gasteiger partial charge in [0.2, 0.25) is 0 Å². The van der Waals surface area contributed by atoms with Gasteiger partial charge in [0, 0.05) is 13.0 Å². The Labute approximate surface area is 93.3 Å². The lowest BCUT2D eigenvalue weighted by Gasteiger charge is -2.07. The minimum Gasteiger partial charge on any atom is -0.312 e. The summed E-state index contributed by atoms with van der Waals surface area (Å²) in [6, 6.07) is 4.05. The van der Waals surface area contributed by atoms with Crippen LogP contribution in [0.25, 0.3) is 0 Å². The fourth-order valence-electron chi connectivity index (χ4n) is 1.26. The van der Waals surface area contributed by atoms with Crippen molar-refractivity contribution in [2.24, 2.45) is 10.8 Å². The summed E-state index contributed by atoms with van der Waals surface area (Å²) in [6.07, 6.45) is 1.04. The molecule has 3 nitrogen and oxygen atoms in total. The van der Waals surface area contributed by atoms with Crippen molar-refractivity contribution < 1.29 is 8.78 Å². The zero-order chi connectivity index (χ0) is 12.0. The smallest absolute Gasteiger partial charge is 0.162 e. The Morgan fingerprint density at radius 1 is 1.44 bits per heavy atom. The molecule has 1 rings (SSSR count). The van der Waals surface area contributed by atoms with Crippen LogP contribution in [0.15, 0.2) is 23.2 Å². The van der Waals surface area contributed by atoms with Crippen molar-refractivity contribution >= 4 is 5.84 Å². The third kappa shape index (κ3) is 3.27. The highest BCUT2D eigenvalue weighted by Crippen LogP contribution is 2.11. The highest BCUT2D eigenvalue weighted by atomic mass is 19.2. The van der Waals surface area contributed by atoms with Gasteiger partial charge in [-0.15, -0.1) is 0 Å². The fraction of sp³-hybridized carbons (Fsp3) is 0.364. The minimum absolute atomic E-state index is 0.167. The highest BCUT2D eigenvalue weighted by molar-refractivity contribution is 5.83. The summed E-state index contributed by atoms with van der Waals surface area (Å²) in [4.78, 5) is 4.12. The summed E-state index contributed by atoms with van der Waals surface area (Å²) in [5.41, 5.74) is 2.64. The molecule has 0 radical (unpaired) electrons. The number of nitrogens with two attached hydrogens (primary N) is 1. The quantitative estimate of drug-likeness (QED) is 0.356.